The number of anilines is 4. The van der Waals surface area contributed by atoms with E-state index in [-0.39, 0.29) is 11.6 Å². The molecule has 3 aromatic rings. The predicted molar refractivity (Wildman–Crippen MR) is 117 cm³/mol. The highest BCUT2D eigenvalue weighted by Gasteiger charge is 2.21. The van der Waals surface area contributed by atoms with Gasteiger partial charge in [-0.05, 0) is 18.2 Å². The van der Waals surface area contributed by atoms with Crippen LogP contribution in [0.5, 0.6) is 0 Å². The number of nitrogens with one attached hydrogen (secondary N) is 3. The third kappa shape index (κ3) is 4.14. The average molecular weight is 442 g/mol. The minimum absolute atomic E-state index is 0.283. The van der Waals surface area contributed by atoms with Crippen LogP contribution < -0.4 is 20.7 Å². The van der Waals surface area contributed by atoms with Crippen LogP contribution in [-0.2, 0) is 9.47 Å². The number of hydrogen-bond acceptors (Lipinski definition) is 10. The molecule has 12 heteroatoms. The average Bonchev–Trinajstić information content (AvgIpc) is 3.20. The molecule has 32 heavy (non-hydrogen) atoms. The summed E-state index contributed by atoms with van der Waals surface area (Å²) in [4.78, 5) is 32.3. The summed E-state index contributed by atoms with van der Waals surface area (Å²) >= 11 is 0. The Kier molecular flexibility index (Phi) is 5.69. The number of nitrogens with zero attached hydrogens (tertiary/aromatic N) is 5. The van der Waals surface area contributed by atoms with Gasteiger partial charge in [0.05, 0.1) is 32.1 Å². The first kappa shape index (κ1) is 20.4. The summed E-state index contributed by atoms with van der Waals surface area (Å²) in [6.45, 7) is 5.11. The van der Waals surface area contributed by atoms with Gasteiger partial charge in [-0.3, -0.25) is 15.6 Å². The van der Waals surface area contributed by atoms with Crippen molar-refractivity contribution in [1.29, 1.82) is 0 Å². The maximum absolute atomic E-state index is 13.8. The highest BCUT2D eigenvalue weighted by Crippen LogP contribution is 2.28. The number of aromatic nitrogens is 4. The molecule has 0 unspecified atom stereocenters. The number of halogens is 1. The fourth-order valence-corrected chi connectivity index (χ4v) is 3.75. The Balaban J connectivity index is 1.45. The summed E-state index contributed by atoms with van der Waals surface area (Å²) in [5.41, 5.74) is 7.27. The van der Waals surface area contributed by atoms with E-state index in [0.717, 1.165) is 0 Å². The van der Waals surface area contributed by atoms with E-state index in [1.807, 2.05) is 9.80 Å². The van der Waals surface area contributed by atoms with E-state index >= 15 is 0 Å². The van der Waals surface area contributed by atoms with Gasteiger partial charge in [0.25, 0.3) is 0 Å². The van der Waals surface area contributed by atoms with E-state index in [0.29, 0.717) is 87.4 Å². The van der Waals surface area contributed by atoms with Crippen molar-refractivity contribution in [3.63, 3.8) is 0 Å². The third-order valence-corrected chi connectivity index (χ3v) is 5.41. The molecule has 168 valence electrons. The fourth-order valence-electron chi connectivity index (χ4n) is 3.75. The maximum atomic E-state index is 13.8. The zero-order valence-corrected chi connectivity index (χ0v) is 17.3. The lowest BCUT2D eigenvalue weighted by atomic mass is 10.2. The molecule has 5 rings (SSSR count). The van der Waals surface area contributed by atoms with Crippen LogP contribution in [0.15, 0.2) is 18.2 Å². The summed E-state index contributed by atoms with van der Waals surface area (Å²) in [6, 6.07) is 4.27. The zero-order valence-electron chi connectivity index (χ0n) is 17.3. The molecule has 0 atom stereocenters. The Morgan fingerprint density at radius 3 is 2.16 bits per heavy atom. The number of morpholine rings is 2. The summed E-state index contributed by atoms with van der Waals surface area (Å²) in [5.74, 6) is 0.955. The summed E-state index contributed by atoms with van der Waals surface area (Å²) < 4.78 is 24.7. The van der Waals surface area contributed by atoms with Crippen molar-refractivity contribution in [2.75, 3.05) is 73.3 Å². The number of carbonyl (C=O) groups is 1. The Labute approximate surface area is 182 Å². The molecule has 0 amide bonds. The number of H-pyrrole nitrogens is 1. The largest absolute Gasteiger partial charge is 0.378 e. The number of ether oxygens (including phenoxy) is 2. The minimum Gasteiger partial charge on any atom is -0.378 e. The lowest BCUT2D eigenvalue weighted by Gasteiger charge is -2.30. The van der Waals surface area contributed by atoms with Crippen LogP contribution in [-0.4, -0.2) is 78.8 Å². The van der Waals surface area contributed by atoms with Crippen LogP contribution in [0, 0.1) is 5.82 Å². The third-order valence-electron chi connectivity index (χ3n) is 5.41. The minimum atomic E-state index is -0.402. The maximum Gasteiger partial charge on any atom is 0.248 e. The van der Waals surface area contributed by atoms with E-state index in [1.54, 1.807) is 6.07 Å². The lowest BCUT2D eigenvalue weighted by Crippen LogP contribution is -2.40. The fraction of sp³-hybridized carbons (Fsp3) is 0.400. The van der Waals surface area contributed by atoms with Gasteiger partial charge in [0.1, 0.15) is 11.5 Å². The van der Waals surface area contributed by atoms with Crippen molar-refractivity contribution in [1.82, 2.24) is 19.9 Å². The molecule has 11 nitrogen and oxygen atoms in total. The van der Waals surface area contributed by atoms with Gasteiger partial charge in [0.2, 0.25) is 17.8 Å². The number of carbonyl (C=O) groups excluding carboxylic acids is 1. The predicted octanol–water partition coefficient (Wildman–Crippen LogP) is 1.42. The molecule has 1 aromatic carbocycles. The molecule has 0 spiro atoms. The standard InChI is InChI=1S/C20H23FN8O3/c21-13-1-2-15-14(11-13)17(16(12-30)22-15)26-27-18-23-19(28-3-7-31-8-4-28)25-20(24-18)29-5-9-32-10-6-29/h1-2,11-12,22,26H,3-10H2,(H,23,24,25,27). The summed E-state index contributed by atoms with van der Waals surface area (Å²) in [5, 5.41) is 0.537. The number of hydrogen-bond donors (Lipinski definition) is 3. The van der Waals surface area contributed by atoms with Gasteiger partial charge in [-0.1, -0.05) is 0 Å². The molecular weight excluding hydrogens is 419 g/mol. The molecule has 0 aliphatic carbocycles. The zero-order chi connectivity index (χ0) is 21.9. The van der Waals surface area contributed by atoms with Gasteiger partial charge in [-0.25, -0.2) is 4.39 Å². The van der Waals surface area contributed by atoms with E-state index in [2.05, 4.69) is 30.8 Å². The first-order chi connectivity index (χ1) is 15.7. The van der Waals surface area contributed by atoms with E-state index < -0.39 is 5.82 Å². The normalized spacial score (nSPS) is 16.9. The number of hydrazine groups is 1. The topological polar surface area (TPSA) is 121 Å². The highest BCUT2D eigenvalue weighted by molar-refractivity contribution is 6.02. The Morgan fingerprint density at radius 1 is 0.938 bits per heavy atom. The Hall–Kier alpha value is -3.51. The van der Waals surface area contributed by atoms with Crippen LogP contribution in [0.4, 0.5) is 27.9 Å². The van der Waals surface area contributed by atoms with Crippen molar-refractivity contribution in [3.05, 3.63) is 29.7 Å². The van der Waals surface area contributed by atoms with Crippen molar-refractivity contribution < 1.29 is 18.7 Å². The van der Waals surface area contributed by atoms with Gasteiger partial charge in [0, 0.05) is 37.1 Å². The molecule has 0 radical (unpaired) electrons. The molecule has 2 fully saturated rings. The SMILES string of the molecule is O=Cc1[nH]c2ccc(F)cc2c1NNc1nc(N2CCOCC2)nc(N2CCOCC2)n1. The van der Waals surface area contributed by atoms with Crippen LogP contribution in [0.1, 0.15) is 10.5 Å². The van der Waals surface area contributed by atoms with Crippen molar-refractivity contribution in [2.45, 2.75) is 0 Å². The number of aldehydes is 1. The van der Waals surface area contributed by atoms with E-state index in [4.69, 9.17) is 9.47 Å². The lowest BCUT2D eigenvalue weighted by molar-refractivity contribution is 0.112. The van der Waals surface area contributed by atoms with Gasteiger partial charge < -0.3 is 24.3 Å². The first-order valence-electron chi connectivity index (χ1n) is 10.4. The van der Waals surface area contributed by atoms with Crippen LogP contribution in [0.25, 0.3) is 10.9 Å². The molecule has 0 bridgehead atoms. The summed E-state index contributed by atoms with van der Waals surface area (Å²) in [6.07, 6.45) is 0.674. The smallest absolute Gasteiger partial charge is 0.248 e. The molecular formula is C20H23FN8O3. The quantitative estimate of drug-likeness (QED) is 0.382. The number of aromatic amines is 1. The van der Waals surface area contributed by atoms with Gasteiger partial charge >= 0.3 is 0 Å². The highest BCUT2D eigenvalue weighted by atomic mass is 19.1. The molecule has 4 heterocycles. The number of fused-ring (bicyclic) bond motifs is 1. The second kappa shape index (κ2) is 8.93. The first-order valence-corrected chi connectivity index (χ1v) is 10.4. The molecule has 2 saturated heterocycles. The second-order valence-corrected chi connectivity index (χ2v) is 7.43. The number of rotatable bonds is 6. The Morgan fingerprint density at radius 2 is 1.56 bits per heavy atom. The molecule has 2 aromatic heterocycles. The van der Waals surface area contributed by atoms with Gasteiger partial charge in [-0.15, -0.1) is 0 Å². The molecule has 2 aliphatic heterocycles. The second-order valence-electron chi connectivity index (χ2n) is 7.43. The van der Waals surface area contributed by atoms with Crippen molar-refractivity contribution in [3.8, 4) is 0 Å². The van der Waals surface area contributed by atoms with Crippen LogP contribution in [0.3, 0.4) is 0 Å². The van der Waals surface area contributed by atoms with Gasteiger partial charge in [-0.2, -0.15) is 15.0 Å². The van der Waals surface area contributed by atoms with E-state index in [9.17, 15) is 9.18 Å². The van der Waals surface area contributed by atoms with Crippen molar-refractivity contribution in [2.24, 2.45) is 0 Å². The van der Waals surface area contributed by atoms with Crippen LogP contribution in [0.2, 0.25) is 0 Å². The van der Waals surface area contributed by atoms with E-state index in [1.165, 1.54) is 12.1 Å². The Bertz CT molecular complexity index is 1080. The molecule has 2 aliphatic rings. The van der Waals surface area contributed by atoms with Crippen LogP contribution >= 0.6 is 0 Å². The van der Waals surface area contributed by atoms with Crippen molar-refractivity contribution >= 4 is 40.7 Å². The molecule has 0 saturated carbocycles. The molecule has 3 N–H and O–H groups in total. The van der Waals surface area contributed by atoms with Gasteiger partial charge in [0.15, 0.2) is 6.29 Å². The summed E-state index contributed by atoms with van der Waals surface area (Å²) in [7, 11) is 0. The monoisotopic (exact) mass is 442 g/mol. The number of benzene rings is 1.